The van der Waals surface area contributed by atoms with Crippen molar-refractivity contribution >= 4 is 12.2 Å². The quantitative estimate of drug-likeness (QED) is 0.237. The Morgan fingerprint density at radius 1 is 1.44 bits per heavy atom. The van der Waals surface area contributed by atoms with Crippen molar-refractivity contribution in [2.45, 2.75) is 44.8 Å². The molecule has 0 aliphatic carbocycles. The number of allylic oxidation sites excluding steroid dienone is 1. The third kappa shape index (κ3) is 18.6. The first-order chi connectivity index (χ1) is 11.9. The Kier molecular flexibility index (Phi) is 19.3. The fraction of sp³-hybridized carbons (Fsp3) is 0.667. The molecule has 0 saturated carbocycles. The van der Waals surface area contributed by atoms with Crippen LogP contribution in [0.1, 0.15) is 32.6 Å². The lowest BCUT2D eigenvalue weighted by Crippen LogP contribution is -2.34. The van der Waals surface area contributed by atoms with Crippen LogP contribution in [0.4, 0.5) is 0 Å². The van der Waals surface area contributed by atoms with Crippen LogP contribution in [0.15, 0.2) is 24.3 Å². The largest absolute Gasteiger partial charge is 0.465 e. The van der Waals surface area contributed by atoms with E-state index >= 15 is 0 Å². The Morgan fingerprint density at radius 2 is 2.04 bits per heavy atom. The van der Waals surface area contributed by atoms with Gasteiger partial charge in [-0.2, -0.15) is 0 Å². The van der Waals surface area contributed by atoms with E-state index in [1.807, 2.05) is 7.05 Å². The van der Waals surface area contributed by atoms with Crippen molar-refractivity contribution in [3.63, 3.8) is 0 Å². The molecule has 2 unspecified atom stereocenters. The minimum Gasteiger partial charge on any atom is -0.465 e. The fourth-order valence-electron chi connectivity index (χ4n) is 1.60. The summed E-state index contributed by atoms with van der Waals surface area (Å²) in [5.74, 6) is -0.474. The van der Waals surface area contributed by atoms with Crippen LogP contribution in [0.3, 0.4) is 0 Å². The maximum absolute atomic E-state index is 10.6. The zero-order chi connectivity index (χ0) is 19.5. The Balaban J connectivity index is 0. The van der Waals surface area contributed by atoms with Gasteiger partial charge in [0.2, 0.25) is 0 Å². The summed E-state index contributed by atoms with van der Waals surface area (Å²) >= 11 is 0. The molecule has 0 aromatic carbocycles. The lowest BCUT2D eigenvalue weighted by atomic mass is 10.1. The summed E-state index contributed by atoms with van der Waals surface area (Å²) < 4.78 is 9.41. The van der Waals surface area contributed by atoms with Crippen LogP contribution in [-0.2, 0) is 14.3 Å². The van der Waals surface area contributed by atoms with Crippen molar-refractivity contribution in [3.05, 3.63) is 24.3 Å². The molecule has 0 aromatic rings. The molecule has 0 amide bonds. The minimum atomic E-state index is -0.474. The molecule has 0 radical (unpaired) electrons. The molecule has 1 heterocycles. The van der Waals surface area contributed by atoms with Crippen LogP contribution in [0.2, 0.25) is 0 Å². The molecule has 0 aromatic heterocycles. The number of carbonyl (C=O) groups is 1. The predicted molar refractivity (Wildman–Crippen MR) is 102 cm³/mol. The van der Waals surface area contributed by atoms with Gasteiger partial charge in [0.1, 0.15) is 0 Å². The highest BCUT2D eigenvalue weighted by Crippen LogP contribution is 2.02. The Morgan fingerprint density at radius 3 is 2.36 bits per heavy atom. The highest BCUT2D eigenvalue weighted by atomic mass is 16.5. The maximum atomic E-state index is 10.6. The molecule has 1 rings (SSSR count). The molecular weight excluding hydrogens is 322 g/mol. The molecular formula is C18H35N3O4. The van der Waals surface area contributed by atoms with Gasteiger partial charge >= 0.3 is 5.97 Å². The van der Waals surface area contributed by atoms with Gasteiger partial charge in [-0.25, -0.2) is 4.79 Å². The van der Waals surface area contributed by atoms with E-state index in [-0.39, 0.29) is 11.6 Å². The number of ether oxygens (including phenoxy) is 2. The first-order valence-corrected chi connectivity index (χ1v) is 8.51. The molecule has 7 heteroatoms. The summed E-state index contributed by atoms with van der Waals surface area (Å²) in [5.41, 5.74) is 5.75. The van der Waals surface area contributed by atoms with Crippen LogP contribution < -0.4 is 11.1 Å². The van der Waals surface area contributed by atoms with Gasteiger partial charge in [-0.15, -0.1) is 0 Å². The van der Waals surface area contributed by atoms with E-state index < -0.39 is 12.1 Å². The highest BCUT2D eigenvalue weighted by molar-refractivity contribution is 5.91. The summed E-state index contributed by atoms with van der Waals surface area (Å²) in [6, 6.07) is -0.0857. The van der Waals surface area contributed by atoms with Crippen molar-refractivity contribution in [1.82, 2.24) is 5.32 Å². The number of nitrogens with one attached hydrogen (secondary N) is 2. The third-order valence-corrected chi connectivity index (χ3v) is 3.27. The molecule has 2 atom stereocenters. The Labute approximate surface area is 151 Å². The molecule has 25 heavy (non-hydrogen) atoms. The van der Waals surface area contributed by atoms with Crippen LogP contribution >= 0.6 is 0 Å². The average molecular weight is 357 g/mol. The number of rotatable bonds is 7. The fourth-order valence-corrected chi connectivity index (χ4v) is 1.60. The predicted octanol–water partition coefficient (Wildman–Crippen LogP) is 1.41. The molecule has 7 nitrogen and oxygen atoms in total. The molecule has 1 aliphatic heterocycles. The monoisotopic (exact) mass is 357 g/mol. The third-order valence-electron chi connectivity index (χ3n) is 3.27. The summed E-state index contributed by atoms with van der Waals surface area (Å²) in [6.45, 7) is 7.97. The van der Waals surface area contributed by atoms with Gasteiger partial charge in [0, 0.05) is 25.5 Å². The minimum absolute atomic E-state index is 0.0857. The van der Waals surface area contributed by atoms with E-state index in [1.54, 1.807) is 6.92 Å². The normalized spacial score (nSPS) is 15.7. The first-order valence-electron chi connectivity index (χ1n) is 8.51. The van der Waals surface area contributed by atoms with Crippen molar-refractivity contribution in [2.75, 3.05) is 33.9 Å². The van der Waals surface area contributed by atoms with Crippen molar-refractivity contribution < 1.29 is 19.4 Å². The lowest BCUT2D eigenvalue weighted by Gasteiger charge is -2.13. The van der Waals surface area contributed by atoms with E-state index in [0.717, 1.165) is 32.4 Å². The molecule has 1 saturated heterocycles. The molecule has 0 spiro atoms. The van der Waals surface area contributed by atoms with E-state index in [4.69, 9.17) is 21.0 Å². The maximum Gasteiger partial charge on any atom is 0.337 e. The number of carbonyl (C=O) groups excluding carboxylic acids is 1. The smallest absolute Gasteiger partial charge is 0.337 e. The molecule has 1 fully saturated rings. The number of aliphatic hydroxyl groups excluding tert-OH is 1. The van der Waals surface area contributed by atoms with Gasteiger partial charge < -0.3 is 31.0 Å². The van der Waals surface area contributed by atoms with E-state index in [0.29, 0.717) is 0 Å². The van der Waals surface area contributed by atoms with Crippen LogP contribution in [-0.4, -0.2) is 63.4 Å². The number of aliphatic hydroxyl groups is 1. The summed E-state index contributed by atoms with van der Waals surface area (Å²) in [7, 11) is 3.15. The first kappa shape index (κ1) is 25.7. The van der Waals surface area contributed by atoms with E-state index in [2.05, 4.69) is 16.6 Å². The van der Waals surface area contributed by atoms with E-state index in [1.165, 1.54) is 38.5 Å². The molecule has 0 bridgehead atoms. The summed E-state index contributed by atoms with van der Waals surface area (Å²) in [5, 5.41) is 18.4. The second-order valence-corrected chi connectivity index (χ2v) is 5.51. The number of nitrogens with two attached hydrogens (primary N) is 1. The standard InChI is InChI=1S/C7H9NO2.C6H16N2O.C5H10O/c1-6(4-3-5-8)7(9)10-2;1-5(9)6(7)3-4-8-2;1-2-4-6-5-3-1/h3-5,8H,1H2,2H3;5-6,8-9H,3-4,7H2,1-2H3;1-5H2/b4-3-,8-5?;;. The van der Waals surface area contributed by atoms with Gasteiger partial charge in [-0.1, -0.05) is 6.58 Å². The summed E-state index contributed by atoms with van der Waals surface area (Å²) in [4.78, 5) is 10.6. The van der Waals surface area contributed by atoms with Crippen molar-refractivity contribution in [3.8, 4) is 0 Å². The lowest BCUT2D eigenvalue weighted by molar-refractivity contribution is -0.135. The molecule has 1 aliphatic rings. The number of hydrogen-bond donors (Lipinski definition) is 4. The Hall–Kier alpha value is -1.54. The van der Waals surface area contributed by atoms with Gasteiger partial charge in [-0.05, 0) is 58.4 Å². The van der Waals surface area contributed by atoms with Crippen LogP contribution in [0.25, 0.3) is 0 Å². The second-order valence-electron chi connectivity index (χ2n) is 5.51. The van der Waals surface area contributed by atoms with Gasteiger partial charge in [0.15, 0.2) is 0 Å². The highest BCUT2D eigenvalue weighted by Gasteiger charge is 2.06. The van der Waals surface area contributed by atoms with Crippen LogP contribution in [0.5, 0.6) is 0 Å². The van der Waals surface area contributed by atoms with Gasteiger partial charge in [0.05, 0.1) is 18.8 Å². The molecule has 5 N–H and O–H groups in total. The summed E-state index contributed by atoms with van der Waals surface area (Å²) in [6.07, 6.45) is 8.25. The number of esters is 1. The zero-order valence-corrected chi connectivity index (χ0v) is 15.8. The van der Waals surface area contributed by atoms with Gasteiger partial charge in [0.25, 0.3) is 0 Å². The van der Waals surface area contributed by atoms with Gasteiger partial charge in [-0.3, -0.25) is 0 Å². The van der Waals surface area contributed by atoms with E-state index in [9.17, 15) is 4.79 Å². The number of hydrogen-bond acceptors (Lipinski definition) is 7. The van der Waals surface area contributed by atoms with Crippen LogP contribution in [0, 0.1) is 5.41 Å². The van der Waals surface area contributed by atoms with Crippen molar-refractivity contribution in [1.29, 1.82) is 5.41 Å². The average Bonchev–Trinajstić information content (AvgIpc) is 2.65. The van der Waals surface area contributed by atoms with Crippen molar-refractivity contribution in [2.24, 2.45) is 5.73 Å². The molecule has 146 valence electrons. The zero-order valence-electron chi connectivity index (χ0n) is 15.8. The topological polar surface area (TPSA) is 118 Å². The second kappa shape index (κ2) is 18.8. The Bertz CT molecular complexity index is 369. The SMILES string of the molecule is C1CCOCC1.C=C(/C=C\C=N)C(=O)OC.CNCCC(N)C(C)O. The number of methoxy groups -OCH3 is 1.